The highest BCUT2D eigenvalue weighted by molar-refractivity contribution is 9.10. The molecule has 0 unspecified atom stereocenters. The third-order valence-electron chi connectivity index (χ3n) is 4.94. The highest BCUT2D eigenvalue weighted by Gasteiger charge is 2.32. The van der Waals surface area contributed by atoms with Crippen LogP contribution in [0.4, 0.5) is 10.3 Å². The number of nitrogens with zero attached hydrogens (tertiary/aromatic N) is 5. The van der Waals surface area contributed by atoms with Crippen LogP contribution < -0.4 is 5.32 Å². The Kier molecular flexibility index (Phi) is 5.57. The van der Waals surface area contributed by atoms with E-state index in [1.165, 1.54) is 12.1 Å². The van der Waals surface area contributed by atoms with E-state index in [-0.39, 0.29) is 17.8 Å². The van der Waals surface area contributed by atoms with Gasteiger partial charge in [-0.25, -0.2) is 14.4 Å². The average molecular weight is 459 g/mol. The molecule has 1 N–H and O–H groups in total. The lowest BCUT2D eigenvalue weighted by Gasteiger charge is -2.24. The maximum Gasteiger partial charge on any atom is 0.275 e. The van der Waals surface area contributed by atoms with Gasteiger partial charge in [0.2, 0.25) is 5.95 Å². The fourth-order valence-corrected chi connectivity index (χ4v) is 3.76. The van der Waals surface area contributed by atoms with Crippen LogP contribution >= 0.6 is 15.9 Å². The van der Waals surface area contributed by atoms with Crippen LogP contribution in [0.2, 0.25) is 0 Å². The Labute approximate surface area is 176 Å². The lowest BCUT2D eigenvalue weighted by Crippen LogP contribution is -2.40. The Morgan fingerprint density at radius 2 is 2.00 bits per heavy atom. The van der Waals surface area contributed by atoms with Crippen LogP contribution in [0.15, 0.2) is 47.3 Å². The Balaban J connectivity index is 1.52. The van der Waals surface area contributed by atoms with E-state index in [2.05, 4.69) is 36.3 Å². The van der Waals surface area contributed by atoms with Crippen molar-refractivity contribution in [2.75, 3.05) is 18.4 Å². The van der Waals surface area contributed by atoms with Gasteiger partial charge in [0, 0.05) is 50.3 Å². The maximum absolute atomic E-state index is 13.3. The van der Waals surface area contributed by atoms with Gasteiger partial charge in [0.15, 0.2) is 5.69 Å². The van der Waals surface area contributed by atoms with Crippen LogP contribution in [-0.4, -0.2) is 49.7 Å². The van der Waals surface area contributed by atoms with Crippen molar-refractivity contribution in [1.82, 2.24) is 24.6 Å². The summed E-state index contributed by atoms with van der Waals surface area (Å²) in [6, 6.07) is 6.13. The molecule has 7 nitrogen and oxygen atoms in total. The molecule has 0 spiro atoms. The summed E-state index contributed by atoms with van der Waals surface area (Å²) in [6.07, 6.45) is 6.97. The van der Waals surface area contributed by atoms with Crippen LogP contribution in [0.5, 0.6) is 0 Å². The van der Waals surface area contributed by atoms with Crippen LogP contribution in [-0.2, 0) is 7.05 Å². The van der Waals surface area contributed by atoms with Gasteiger partial charge in [-0.15, -0.1) is 0 Å². The lowest BCUT2D eigenvalue weighted by molar-refractivity contribution is 0.0737. The lowest BCUT2D eigenvalue weighted by atomic mass is 10.1. The van der Waals surface area contributed by atoms with Crippen LogP contribution in [0.3, 0.4) is 0 Å². The zero-order valence-corrected chi connectivity index (χ0v) is 17.4. The highest BCUT2D eigenvalue weighted by atomic mass is 79.9. The van der Waals surface area contributed by atoms with Crippen LogP contribution in [0.1, 0.15) is 23.3 Å². The molecule has 2 aromatic heterocycles. The molecule has 1 fully saturated rings. The molecule has 1 saturated heterocycles. The summed E-state index contributed by atoms with van der Waals surface area (Å²) in [7, 11) is 1.78. The number of benzene rings is 1. The molecular formula is C20H20BrFN6O. The largest absolute Gasteiger partial charge is 0.352 e. The van der Waals surface area contributed by atoms with E-state index in [1.807, 2.05) is 4.90 Å². The second kappa shape index (κ2) is 8.28. The summed E-state index contributed by atoms with van der Waals surface area (Å²) < 4.78 is 15.7. The van der Waals surface area contributed by atoms with Gasteiger partial charge in [-0.1, -0.05) is 12.1 Å². The molecule has 3 aromatic rings. The number of carbonyl (C=O) groups excluding carboxylic acids is 1. The molecule has 1 amide bonds. The Morgan fingerprint density at radius 3 is 2.72 bits per heavy atom. The third-order valence-corrected chi connectivity index (χ3v) is 5.35. The Bertz CT molecular complexity index is 1000. The fraction of sp³-hybridized carbons (Fsp3) is 0.300. The van der Waals surface area contributed by atoms with Gasteiger partial charge < -0.3 is 10.2 Å². The topological polar surface area (TPSA) is 75.9 Å². The number of halogens is 2. The monoisotopic (exact) mass is 458 g/mol. The number of aromatic nitrogens is 4. The minimum atomic E-state index is -0.314. The minimum absolute atomic E-state index is 0.0258. The first-order chi connectivity index (χ1) is 14.0. The van der Waals surface area contributed by atoms with E-state index in [9.17, 15) is 9.18 Å². The van der Waals surface area contributed by atoms with Gasteiger partial charge in [0.1, 0.15) is 5.82 Å². The number of carbonyl (C=O) groups is 1. The van der Waals surface area contributed by atoms with E-state index >= 15 is 0 Å². The van der Waals surface area contributed by atoms with Crippen molar-refractivity contribution in [2.24, 2.45) is 7.05 Å². The average Bonchev–Trinajstić information content (AvgIpc) is 3.34. The van der Waals surface area contributed by atoms with Crippen LogP contribution in [0, 0.1) is 5.82 Å². The van der Waals surface area contributed by atoms with E-state index in [1.54, 1.807) is 42.5 Å². The van der Waals surface area contributed by atoms with E-state index in [4.69, 9.17) is 0 Å². The summed E-state index contributed by atoms with van der Waals surface area (Å²) in [5.41, 5.74) is 1.85. The molecule has 0 radical (unpaired) electrons. The quantitative estimate of drug-likeness (QED) is 0.632. The first-order valence-electron chi connectivity index (χ1n) is 9.33. The first-order valence-corrected chi connectivity index (χ1v) is 10.1. The number of likely N-dealkylation sites (tertiary alicyclic amines) is 1. The molecule has 0 bridgehead atoms. The van der Waals surface area contributed by atoms with Crippen molar-refractivity contribution < 1.29 is 9.18 Å². The summed E-state index contributed by atoms with van der Waals surface area (Å²) in [4.78, 5) is 23.6. The predicted molar refractivity (Wildman–Crippen MR) is 111 cm³/mol. The zero-order valence-electron chi connectivity index (χ0n) is 15.8. The molecule has 0 aliphatic carbocycles. The van der Waals surface area contributed by atoms with Gasteiger partial charge >= 0.3 is 0 Å². The molecule has 1 aromatic carbocycles. The molecule has 1 atom stereocenters. The third kappa shape index (κ3) is 4.29. The summed E-state index contributed by atoms with van der Waals surface area (Å²) >= 11 is 3.31. The number of amides is 1. The fourth-order valence-electron chi connectivity index (χ4n) is 3.55. The van der Waals surface area contributed by atoms with Gasteiger partial charge in [-0.05, 0) is 46.5 Å². The number of aryl methyl sites for hydroxylation is 1. The molecule has 4 rings (SSSR count). The molecule has 150 valence electrons. The smallest absolute Gasteiger partial charge is 0.275 e. The van der Waals surface area contributed by atoms with Gasteiger partial charge in [-0.3, -0.25) is 9.48 Å². The summed E-state index contributed by atoms with van der Waals surface area (Å²) in [5, 5.41) is 7.60. The van der Waals surface area contributed by atoms with Crippen molar-refractivity contribution >= 4 is 27.8 Å². The normalized spacial score (nSPS) is 16.2. The second-order valence-corrected chi connectivity index (χ2v) is 7.89. The SMILES string of the molecule is Cn1cc(-c2ccc(F)cc2)c(C(=O)N2CCC[C@H]2CNc2ncc(Br)cn2)n1. The number of rotatable bonds is 5. The van der Waals surface area contributed by atoms with Crippen molar-refractivity contribution in [2.45, 2.75) is 18.9 Å². The molecule has 29 heavy (non-hydrogen) atoms. The van der Waals surface area contributed by atoms with Gasteiger partial charge in [0.05, 0.1) is 4.47 Å². The second-order valence-electron chi connectivity index (χ2n) is 6.97. The molecule has 1 aliphatic heterocycles. The zero-order chi connectivity index (χ0) is 20.4. The van der Waals surface area contributed by atoms with E-state index in [0.29, 0.717) is 30.3 Å². The van der Waals surface area contributed by atoms with E-state index < -0.39 is 0 Å². The molecule has 3 heterocycles. The first kappa shape index (κ1) is 19.5. The summed E-state index contributed by atoms with van der Waals surface area (Å²) in [5.74, 6) is 0.0923. The molecule has 9 heteroatoms. The van der Waals surface area contributed by atoms with Crippen molar-refractivity contribution in [3.63, 3.8) is 0 Å². The van der Waals surface area contributed by atoms with Gasteiger partial charge in [-0.2, -0.15) is 5.10 Å². The molecular weight excluding hydrogens is 439 g/mol. The summed E-state index contributed by atoms with van der Waals surface area (Å²) in [6.45, 7) is 1.23. The van der Waals surface area contributed by atoms with Crippen molar-refractivity contribution in [3.8, 4) is 11.1 Å². The standard InChI is InChI=1S/C20H20BrFN6O/c1-27-12-17(13-4-6-15(22)7-5-13)18(26-27)19(29)28-8-2-3-16(28)11-25-20-23-9-14(21)10-24-20/h4-7,9-10,12,16H,2-3,8,11H2,1H3,(H,23,24,25)/t16-/m0/s1. The predicted octanol–water partition coefficient (Wildman–Crippen LogP) is 3.50. The Hall–Kier alpha value is -2.81. The van der Waals surface area contributed by atoms with E-state index in [0.717, 1.165) is 22.9 Å². The number of nitrogens with one attached hydrogen (secondary N) is 1. The van der Waals surface area contributed by atoms with Crippen molar-refractivity contribution in [3.05, 3.63) is 58.8 Å². The van der Waals surface area contributed by atoms with Gasteiger partial charge in [0.25, 0.3) is 5.91 Å². The highest BCUT2D eigenvalue weighted by Crippen LogP contribution is 2.27. The number of hydrogen-bond acceptors (Lipinski definition) is 5. The van der Waals surface area contributed by atoms with Crippen LogP contribution in [0.25, 0.3) is 11.1 Å². The number of anilines is 1. The minimum Gasteiger partial charge on any atom is -0.352 e. The number of hydrogen-bond donors (Lipinski definition) is 1. The van der Waals surface area contributed by atoms with Crippen molar-refractivity contribution in [1.29, 1.82) is 0 Å². The maximum atomic E-state index is 13.3. The molecule has 0 saturated carbocycles. The Morgan fingerprint density at radius 1 is 1.28 bits per heavy atom. The molecule has 1 aliphatic rings.